The molecule has 0 fully saturated rings. The summed E-state index contributed by atoms with van der Waals surface area (Å²) in [7, 11) is 1.56. The number of nitrogens with one attached hydrogen (secondary N) is 1. The third-order valence-corrected chi connectivity index (χ3v) is 3.11. The molecule has 0 saturated carbocycles. The van der Waals surface area contributed by atoms with Crippen molar-refractivity contribution in [3.05, 3.63) is 35.1 Å². The highest BCUT2D eigenvalue weighted by Gasteiger charge is 2.07. The number of rotatable bonds is 5. The monoisotopic (exact) mass is 338 g/mol. The van der Waals surface area contributed by atoms with E-state index in [4.69, 9.17) is 10.5 Å². The molecule has 0 aliphatic heterocycles. The Hall–Kier alpha value is -2.02. The summed E-state index contributed by atoms with van der Waals surface area (Å²) >= 11 is 3.30. The molecule has 0 saturated heterocycles. The summed E-state index contributed by atoms with van der Waals surface area (Å²) in [6, 6.07) is 5.13. The lowest BCUT2D eigenvalue weighted by atomic mass is 10.2. The number of benzene rings is 1. The first-order chi connectivity index (χ1) is 9.58. The molecule has 0 bridgehead atoms. The number of nitrogen functional groups attached to an aromatic ring is 1. The van der Waals surface area contributed by atoms with Gasteiger partial charge >= 0.3 is 0 Å². The summed E-state index contributed by atoms with van der Waals surface area (Å²) in [6.45, 7) is 0.507. The van der Waals surface area contributed by atoms with Crippen LogP contribution in [0.1, 0.15) is 6.42 Å². The third-order valence-electron chi connectivity index (χ3n) is 2.70. The molecule has 2 rings (SSSR count). The zero-order chi connectivity index (χ0) is 14.5. The Bertz CT molecular complexity index is 612. The molecule has 0 aliphatic carbocycles. The second-order valence-electron chi connectivity index (χ2n) is 4.17. The average molecular weight is 339 g/mol. The summed E-state index contributed by atoms with van der Waals surface area (Å²) in [5.74, 6) is 0.537. The van der Waals surface area contributed by atoms with Crippen molar-refractivity contribution in [2.24, 2.45) is 0 Å². The molecule has 1 aromatic heterocycles. The smallest absolute Gasteiger partial charge is 0.226 e. The van der Waals surface area contributed by atoms with E-state index in [-0.39, 0.29) is 5.91 Å². The van der Waals surface area contributed by atoms with Crippen molar-refractivity contribution in [3.8, 4) is 5.75 Å². The standard InChI is InChI=1S/C13H15BrN4O2/c1-20-10-2-3-12(11(15)6-10)17-13(19)4-5-18-8-9(14)7-16-18/h2-3,6-8H,4-5,15H2,1H3,(H,17,19). The van der Waals surface area contributed by atoms with E-state index >= 15 is 0 Å². The van der Waals surface area contributed by atoms with Gasteiger partial charge in [-0.25, -0.2) is 0 Å². The summed E-state index contributed by atoms with van der Waals surface area (Å²) < 4.78 is 7.64. The molecule has 1 aromatic carbocycles. The number of hydrogen-bond acceptors (Lipinski definition) is 4. The van der Waals surface area contributed by atoms with Crippen molar-refractivity contribution in [1.29, 1.82) is 0 Å². The number of aromatic nitrogens is 2. The molecule has 0 unspecified atom stereocenters. The van der Waals surface area contributed by atoms with Crippen molar-refractivity contribution < 1.29 is 9.53 Å². The molecule has 6 nitrogen and oxygen atoms in total. The minimum atomic E-state index is -0.117. The lowest BCUT2D eigenvalue weighted by Crippen LogP contribution is -2.15. The quantitative estimate of drug-likeness (QED) is 0.819. The number of hydrogen-bond donors (Lipinski definition) is 2. The van der Waals surface area contributed by atoms with E-state index in [1.165, 1.54) is 0 Å². The predicted octanol–water partition coefficient (Wildman–Crippen LogP) is 2.27. The molecule has 2 aromatic rings. The number of aryl methyl sites for hydroxylation is 1. The molecule has 0 spiro atoms. The fourth-order valence-electron chi connectivity index (χ4n) is 1.67. The van der Waals surface area contributed by atoms with Gasteiger partial charge in [0.25, 0.3) is 0 Å². The second kappa shape index (κ2) is 6.42. The Morgan fingerprint density at radius 2 is 2.35 bits per heavy atom. The van der Waals surface area contributed by atoms with Crippen LogP contribution in [0.4, 0.5) is 11.4 Å². The topological polar surface area (TPSA) is 82.2 Å². The molecular weight excluding hydrogens is 324 g/mol. The number of ether oxygens (including phenoxy) is 1. The Balaban J connectivity index is 1.91. The predicted molar refractivity (Wildman–Crippen MR) is 80.6 cm³/mol. The maximum absolute atomic E-state index is 11.8. The van der Waals surface area contributed by atoms with Crippen LogP contribution in [-0.2, 0) is 11.3 Å². The molecule has 0 atom stereocenters. The van der Waals surface area contributed by atoms with Crippen LogP contribution in [0.25, 0.3) is 0 Å². The number of methoxy groups -OCH3 is 1. The molecular formula is C13H15BrN4O2. The van der Waals surface area contributed by atoms with Crippen molar-refractivity contribution in [3.63, 3.8) is 0 Å². The van der Waals surface area contributed by atoms with Gasteiger partial charge in [0.2, 0.25) is 5.91 Å². The molecule has 0 radical (unpaired) electrons. The summed E-state index contributed by atoms with van der Waals surface area (Å²) in [5, 5.41) is 6.85. The average Bonchev–Trinajstić information content (AvgIpc) is 2.84. The minimum absolute atomic E-state index is 0.117. The van der Waals surface area contributed by atoms with E-state index in [0.717, 1.165) is 4.47 Å². The fraction of sp³-hybridized carbons (Fsp3) is 0.231. The van der Waals surface area contributed by atoms with E-state index in [2.05, 4.69) is 26.3 Å². The second-order valence-corrected chi connectivity index (χ2v) is 5.09. The number of amides is 1. The van der Waals surface area contributed by atoms with Gasteiger partial charge in [0, 0.05) is 25.2 Å². The first kappa shape index (κ1) is 14.4. The number of nitrogens with two attached hydrogens (primary N) is 1. The normalized spacial score (nSPS) is 10.3. The highest BCUT2D eigenvalue weighted by atomic mass is 79.9. The van der Waals surface area contributed by atoms with Crippen molar-refractivity contribution in [2.45, 2.75) is 13.0 Å². The van der Waals surface area contributed by atoms with Gasteiger partial charge in [-0.3, -0.25) is 9.48 Å². The van der Waals surface area contributed by atoms with E-state index in [0.29, 0.717) is 30.1 Å². The van der Waals surface area contributed by atoms with E-state index in [9.17, 15) is 4.79 Å². The molecule has 0 aliphatic rings. The van der Waals surface area contributed by atoms with Gasteiger partial charge in [0.05, 0.1) is 29.2 Å². The lowest BCUT2D eigenvalue weighted by molar-refractivity contribution is -0.116. The Morgan fingerprint density at radius 1 is 1.55 bits per heavy atom. The SMILES string of the molecule is COc1ccc(NC(=O)CCn2cc(Br)cn2)c(N)c1. The zero-order valence-electron chi connectivity index (χ0n) is 11.0. The molecule has 1 heterocycles. The first-order valence-electron chi connectivity index (χ1n) is 6.00. The van der Waals surface area contributed by atoms with Crippen LogP contribution in [0.3, 0.4) is 0 Å². The van der Waals surface area contributed by atoms with Crippen LogP contribution in [0, 0.1) is 0 Å². The van der Waals surface area contributed by atoms with Crippen molar-refractivity contribution in [1.82, 2.24) is 9.78 Å². The van der Waals surface area contributed by atoms with Gasteiger partial charge in [-0.15, -0.1) is 0 Å². The fourth-order valence-corrected chi connectivity index (χ4v) is 2.00. The highest BCUT2D eigenvalue weighted by Crippen LogP contribution is 2.24. The van der Waals surface area contributed by atoms with Crippen molar-refractivity contribution in [2.75, 3.05) is 18.2 Å². The van der Waals surface area contributed by atoms with Crippen LogP contribution in [0.15, 0.2) is 35.1 Å². The van der Waals surface area contributed by atoms with Crippen LogP contribution >= 0.6 is 15.9 Å². The summed E-state index contributed by atoms with van der Waals surface area (Å²) in [5.41, 5.74) is 6.89. The van der Waals surface area contributed by atoms with Gasteiger partial charge in [0.1, 0.15) is 5.75 Å². The molecule has 1 amide bonds. The largest absolute Gasteiger partial charge is 0.497 e. The molecule has 7 heteroatoms. The molecule has 3 N–H and O–H groups in total. The zero-order valence-corrected chi connectivity index (χ0v) is 12.6. The Labute approximate surface area is 125 Å². The molecule has 20 heavy (non-hydrogen) atoms. The third kappa shape index (κ3) is 3.74. The van der Waals surface area contributed by atoms with Gasteiger partial charge in [-0.1, -0.05) is 0 Å². The Kier molecular flexibility index (Phi) is 4.62. The van der Waals surface area contributed by atoms with Crippen LogP contribution in [-0.4, -0.2) is 22.8 Å². The summed E-state index contributed by atoms with van der Waals surface area (Å²) in [4.78, 5) is 11.8. The van der Waals surface area contributed by atoms with E-state index < -0.39 is 0 Å². The number of anilines is 2. The van der Waals surface area contributed by atoms with Gasteiger partial charge in [0.15, 0.2) is 0 Å². The number of halogens is 1. The number of nitrogens with zero attached hydrogens (tertiary/aromatic N) is 2. The van der Waals surface area contributed by atoms with Crippen LogP contribution < -0.4 is 15.8 Å². The maximum atomic E-state index is 11.8. The van der Waals surface area contributed by atoms with Crippen molar-refractivity contribution >= 4 is 33.2 Å². The first-order valence-corrected chi connectivity index (χ1v) is 6.79. The minimum Gasteiger partial charge on any atom is -0.497 e. The van der Waals surface area contributed by atoms with E-state index in [1.807, 2.05) is 6.20 Å². The van der Waals surface area contributed by atoms with Crippen LogP contribution in [0.2, 0.25) is 0 Å². The molecule has 106 valence electrons. The number of carbonyl (C=O) groups is 1. The lowest BCUT2D eigenvalue weighted by Gasteiger charge is -2.09. The summed E-state index contributed by atoms with van der Waals surface area (Å²) in [6.07, 6.45) is 3.81. The maximum Gasteiger partial charge on any atom is 0.226 e. The Morgan fingerprint density at radius 3 is 2.95 bits per heavy atom. The van der Waals surface area contributed by atoms with Gasteiger partial charge in [-0.05, 0) is 28.1 Å². The van der Waals surface area contributed by atoms with Gasteiger partial charge < -0.3 is 15.8 Å². The number of carbonyl (C=O) groups excluding carboxylic acids is 1. The van der Waals surface area contributed by atoms with Crippen LogP contribution in [0.5, 0.6) is 5.75 Å². The highest BCUT2D eigenvalue weighted by molar-refractivity contribution is 9.10. The van der Waals surface area contributed by atoms with E-state index in [1.54, 1.807) is 36.2 Å². The van der Waals surface area contributed by atoms with Gasteiger partial charge in [-0.2, -0.15) is 5.10 Å².